The van der Waals surface area contributed by atoms with Gasteiger partial charge in [0, 0.05) is 6.07 Å². The molecule has 144 valence electrons. The Morgan fingerprint density at radius 2 is 1.70 bits per heavy atom. The third-order valence-electron chi connectivity index (χ3n) is 3.99. The maximum Gasteiger partial charge on any atom is 0.341 e. The first kappa shape index (κ1) is 20.6. The minimum absolute atomic E-state index is 0.271. The molecular weight excluding hydrogens is 352 g/mol. The van der Waals surface area contributed by atoms with Gasteiger partial charge in [-0.3, -0.25) is 4.79 Å². The molecule has 0 saturated carbocycles. The van der Waals surface area contributed by atoms with Crippen molar-refractivity contribution in [2.75, 3.05) is 6.61 Å². The molecule has 0 aliphatic heterocycles. The van der Waals surface area contributed by atoms with Gasteiger partial charge in [0.2, 0.25) is 0 Å². The first-order valence-electron chi connectivity index (χ1n) is 8.76. The highest BCUT2D eigenvalue weighted by atomic mass is 19.1. The zero-order chi connectivity index (χ0) is 20.0. The van der Waals surface area contributed by atoms with Crippen LogP contribution in [0, 0.1) is 17.6 Å². The molecule has 4 nitrogen and oxygen atoms in total. The molecule has 0 spiro atoms. The lowest BCUT2D eigenvalue weighted by Crippen LogP contribution is -2.31. The number of halogens is 2. The topological polar surface area (TPSA) is 55.4 Å². The van der Waals surface area contributed by atoms with E-state index in [9.17, 15) is 18.4 Å². The van der Waals surface area contributed by atoms with Crippen molar-refractivity contribution in [3.63, 3.8) is 0 Å². The second-order valence-corrected chi connectivity index (χ2v) is 6.83. The maximum absolute atomic E-state index is 13.5. The lowest BCUT2D eigenvalue weighted by Gasteiger charge is -2.15. The Morgan fingerprint density at radius 1 is 1.04 bits per heavy atom. The van der Waals surface area contributed by atoms with Crippen LogP contribution in [0.1, 0.15) is 48.3 Å². The van der Waals surface area contributed by atoms with E-state index in [0.29, 0.717) is 12.0 Å². The van der Waals surface area contributed by atoms with Crippen LogP contribution in [0.3, 0.4) is 0 Å². The zero-order valence-electron chi connectivity index (χ0n) is 15.6. The maximum atomic E-state index is 13.5. The van der Waals surface area contributed by atoms with Crippen LogP contribution >= 0.6 is 0 Å². The first-order chi connectivity index (χ1) is 12.8. The molecule has 1 atom stereocenters. The first-order valence-corrected chi connectivity index (χ1v) is 8.76. The summed E-state index contributed by atoms with van der Waals surface area (Å²) in [5.74, 6) is -2.79. The SMILES string of the molecule is CC(C)Cc1ccc([C@@H](C)NC(=O)COC(=O)c2ccc(F)cc2F)cc1. The van der Waals surface area contributed by atoms with Crippen LogP contribution < -0.4 is 5.32 Å². The Balaban J connectivity index is 1.86. The van der Waals surface area contributed by atoms with Gasteiger partial charge in [-0.15, -0.1) is 0 Å². The number of nitrogens with one attached hydrogen (secondary N) is 1. The van der Waals surface area contributed by atoms with Gasteiger partial charge in [0.1, 0.15) is 11.6 Å². The molecular formula is C21H23F2NO3. The molecule has 0 fully saturated rings. The quantitative estimate of drug-likeness (QED) is 0.738. The number of hydrogen-bond acceptors (Lipinski definition) is 3. The van der Waals surface area contributed by atoms with E-state index in [0.717, 1.165) is 24.1 Å². The Labute approximate surface area is 157 Å². The minimum Gasteiger partial charge on any atom is -0.452 e. The highest BCUT2D eigenvalue weighted by molar-refractivity contribution is 5.91. The number of benzene rings is 2. The average molecular weight is 375 g/mol. The predicted octanol–water partition coefficient (Wildman–Crippen LogP) is 4.20. The van der Waals surface area contributed by atoms with Gasteiger partial charge >= 0.3 is 5.97 Å². The standard InChI is InChI=1S/C21H23F2NO3/c1-13(2)10-15-4-6-16(7-5-15)14(3)24-20(25)12-27-21(26)18-9-8-17(22)11-19(18)23/h4-9,11,13-14H,10,12H2,1-3H3,(H,24,25)/t14-/m1/s1. The van der Waals surface area contributed by atoms with Gasteiger partial charge in [0.15, 0.2) is 6.61 Å². The summed E-state index contributed by atoms with van der Waals surface area (Å²) in [7, 11) is 0. The Kier molecular flexibility index (Phi) is 7.05. The number of amides is 1. The van der Waals surface area contributed by atoms with Crippen LogP contribution in [0.5, 0.6) is 0 Å². The van der Waals surface area contributed by atoms with E-state index in [1.807, 2.05) is 31.2 Å². The molecule has 2 aromatic carbocycles. The highest BCUT2D eigenvalue weighted by Crippen LogP contribution is 2.16. The van der Waals surface area contributed by atoms with Crippen LogP contribution in [0.2, 0.25) is 0 Å². The van der Waals surface area contributed by atoms with Gasteiger partial charge in [-0.25, -0.2) is 13.6 Å². The summed E-state index contributed by atoms with van der Waals surface area (Å²) < 4.78 is 31.2. The highest BCUT2D eigenvalue weighted by Gasteiger charge is 2.16. The zero-order valence-corrected chi connectivity index (χ0v) is 15.6. The van der Waals surface area contributed by atoms with Crippen molar-refractivity contribution in [3.8, 4) is 0 Å². The summed E-state index contributed by atoms with van der Waals surface area (Å²) in [4.78, 5) is 23.8. The van der Waals surface area contributed by atoms with E-state index >= 15 is 0 Å². The van der Waals surface area contributed by atoms with Crippen LogP contribution in [-0.4, -0.2) is 18.5 Å². The molecule has 6 heteroatoms. The second kappa shape index (κ2) is 9.26. The molecule has 0 aliphatic carbocycles. The molecule has 0 saturated heterocycles. The fraction of sp³-hybridized carbons (Fsp3) is 0.333. The number of ether oxygens (including phenoxy) is 1. The van der Waals surface area contributed by atoms with Gasteiger partial charge in [-0.1, -0.05) is 38.1 Å². The van der Waals surface area contributed by atoms with E-state index in [-0.39, 0.29) is 6.04 Å². The molecule has 0 heterocycles. The lowest BCUT2D eigenvalue weighted by molar-refractivity contribution is -0.124. The van der Waals surface area contributed by atoms with Gasteiger partial charge < -0.3 is 10.1 Å². The normalized spacial score (nSPS) is 11.9. The van der Waals surface area contributed by atoms with Crippen molar-refractivity contribution in [2.24, 2.45) is 5.92 Å². The van der Waals surface area contributed by atoms with Crippen molar-refractivity contribution in [2.45, 2.75) is 33.2 Å². The van der Waals surface area contributed by atoms with E-state index in [1.165, 1.54) is 5.56 Å². The van der Waals surface area contributed by atoms with Gasteiger partial charge in [0.25, 0.3) is 5.91 Å². The third kappa shape index (κ3) is 6.16. The molecule has 0 radical (unpaired) electrons. The van der Waals surface area contributed by atoms with Crippen molar-refractivity contribution >= 4 is 11.9 Å². The molecule has 2 aromatic rings. The molecule has 1 N–H and O–H groups in total. The number of carbonyl (C=O) groups is 2. The van der Waals surface area contributed by atoms with Gasteiger partial charge in [0.05, 0.1) is 11.6 Å². The van der Waals surface area contributed by atoms with Gasteiger partial charge in [-0.2, -0.15) is 0 Å². The van der Waals surface area contributed by atoms with E-state index in [2.05, 4.69) is 19.2 Å². The Bertz CT molecular complexity index is 804. The Hall–Kier alpha value is -2.76. The average Bonchev–Trinajstić information content (AvgIpc) is 2.59. The third-order valence-corrected chi connectivity index (χ3v) is 3.99. The van der Waals surface area contributed by atoms with E-state index in [1.54, 1.807) is 0 Å². The molecule has 1 amide bonds. The van der Waals surface area contributed by atoms with Crippen LogP contribution in [-0.2, 0) is 16.0 Å². The Morgan fingerprint density at radius 3 is 2.30 bits per heavy atom. The summed E-state index contributed by atoms with van der Waals surface area (Å²) in [6, 6.07) is 10.2. The smallest absolute Gasteiger partial charge is 0.341 e. The monoisotopic (exact) mass is 375 g/mol. The van der Waals surface area contributed by atoms with E-state index < -0.39 is 35.7 Å². The summed E-state index contributed by atoms with van der Waals surface area (Å²) in [6.07, 6.45) is 0.983. The molecule has 0 aromatic heterocycles. The van der Waals surface area contributed by atoms with Crippen molar-refractivity contribution in [3.05, 3.63) is 70.8 Å². The van der Waals surface area contributed by atoms with Crippen LogP contribution in [0.25, 0.3) is 0 Å². The summed E-state index contributed by atoms with van der Waals surface area (Å²) in [5.41, 5.74) is 1.73. The second-order valence-electron chi connectivity index (χ2n) is 6.83. The number of esters is 1. The predicted molar refractivity (Wildman–Crippen MR) is 98.2 cm³/mol. The minimum atomic E-state index is -1.03. The van der Waals surface area contributed by atoms with Gasteiger partial charge in [-0.05, 0) is 42.5 Å². The fourth-order valence-electron chi connectivity index (χ4n) is 2.64. The summed E-state index contributed by atoms with van der Waals surface area (Å²) in [5, 5.41) is 2.72. The largest absolute Gasteiger partial charge is 0.452 e. The molecule has 2 rings (SSSR count). The van der Waals surface area contributed by atoms with Crippen molar-refractivity contribution < 1.29 is 23.1 Å². The van der Waals surface area contributed by atoms with Crippen molar-refractivity contribution in [1.82, 2.24) is 5.32 Å². The number of carbonyl (C=O) groups excluding carboxylic acids is 2. The van der Waals surface area contributed by atoms with Crippen LogP contribution in [0.15, 0.2) is 42.5 Å². The van der Waals surface area contributed by atoms with Crippen LogP contribution in [0.4, 0.5) is 8.78 Å². The number of hydrogen-bond donors (Lipinski definition) is 1. The molecule has 0 unspecified atom stereocenters. The van der Waals surface area contributed by atoms with E-state index in [4.69, 9.17) is 4.74 Å². The fourth-order valence-corrected chi connectivity index (χ4v) is 2.64. The lowest BCUT2D eigenvalue weighted by atomic mass is 10.00. The summed E-state index contributed by atoms with van der Waals surface area (Å²) >= 11 is 0. The molecule has 0 bridgehead atoms. The van der Waals surface area contributed by atoms with Crippen molar-refractivity contribution in [1.29, 1.82) is 0 Å². The summed E-state index contributed by atoms with van der Waals surface area (Å²) in [6.45, 7) is 5.56. The number of rotatable bonds is 7. The molecule has 27 heavy (non-hydrogen) atoms. The molecule has 0 aliphatic rings.